The summed E-state index contributed by atoms with van der Waals surface area (Å²) in [6.07, 6.45) is 3.08. The second kappa shape index (κ2) is 4.82. The molecular formula is C16H20N2O2S. The molecule has 21 heavy (non-hydrogen) atoms. The van der Waals surface area contributed by atoms with Crippen LogP contribution in [0.5, 0.6) is 0 Å². The van der Waals surface area contributed by atoms with E-state index in [4.69, 9.17) is 0 Å². The Bertz CT molecular complexity index is 662. The van der Waals surface area contributed by atoms with Gasteiger partial charge in [0.15, 0.2) is 0 Å². The van der Waals surface area contributed by atoms with Crippen molar-refractivity contribution in [2.45, 2.75) is 18.3 Å². The molecule has 0 aromatic heterocycles. The molecule has 1 aromatic carbocycles. The van der Waals surface area contributed by atoms with Crippen LogP contribution in [0.15, 0.2) is 30.3 Å². The SMILES string of the molecule is CS(=O)(=O)CCN1CC2(C1)CC(C#N)(c1ccccc1)C2. The van der Waals surface area contributed by atoms with Crippen LogP contribution in [-0.2, 0) is 15.3 Å². The molecule has 112 valence electrons. The second-order valence-corrected chi connectivity index (χ2v) is 9.01. The Morgan fingerprint density at radius 3 is 2.38 bits per heavy atom. The molecular weight excluding hydrogens is 284 g/mol. The van der Waals surface area contributed by atoms with Gasteiger partial charge in [-0.2, -0.15) is 5.26 Å². The second-order valence-electron chi connectivity index (χ2n) is 6.75. The van der Waals surface area contributed by atoms with Gasteiger partial charge in [0.2, 0.25) is 0 Å². The molecule has 1 aliphatic heterocycles. The van der Waals surface area contributed by atoms with Gasteiger partial charge in [0.25, 0.3) is 0 Å². The van der Waals surface area contributed by atoms with E-state index in [1.165, 1.54) is 6.26 Å². The van der Waals surface area contributed by atoms with Crippen LogP contribution in [0.4, 0.5) is 0 Å². The summed E-state index contributed by atoms with van der Waals surface area (Å²) >= 11 is 0. The molecule has 0 N–H and O–H groups in total. The minimum absolute atomic E-state index is 0.227. The summed E-state index contributed by atoms with van der Waals surface area (Å²) in [5.74, 6) is 0.227. The predicted octanol–water partition coefficient (Wildman–Crippen LogP) is 1.59. The quantitative estimate of drug-likeness (QED) is 0.847. The van der Waals surface area contributed by atoms with E-state index in [1.807, 2.05) is 30.3 Å². The number of nitrogens with zero attached hydrogens (tertiary/aromatic N) is 2. The van der Waals surface area contributed by atoms with Gasteiger partial charge in [-0.1, -0.05) is 30.3 Å². The van der Waals surface area contributed by atoms with Crippen molar-refractivity contribution < 1.29 is 8.42 Å². The largest absolute Gasteiger partial charge is 0.301 e. The lowest BCUT2D eigenvalue weighted by Crippen LogP contribution is -2.66. The molecule has 4 nitrogen and oxygen atoms in total. The zero-order valence-corrected chi connectivity index (χ0v) is 13.1. The van der Waals surface area contributed by atoms with E-state index in [0.717, 1.165) is 31.5 Å². The topological polar surface area (TPSA) is 61.2 Å². The first-order valence-electron chi connectivity index (χ1n) is 7.23. The summed E-state index contributed by atoms with van der Waals surface area (Å²) in [7, 11) is -2.89. The summed E-state index contributed by atoms with van der Waals surface area (Å²) in [6, 6.07) is 12.5. The van der Waals surface area contributed by atoms with Crippen molar-refractivity contribution >= 4 is 9.84 Å². The Labute approximate surface area is 126 Å². The molecule has 1 aliphatic carbocycles. The van der Waals surface area contributed by atoms with Crippen molar-refractivity contribution in [2.24, 2.45) is 5.41 Å². The van der Waals surface area contributed by atoms with Crippen LogP contribution < -0.4 is 0 Å². The smallest absolute Gasteiger partial charge is 0.148 e. The lowest BCUT2D eigenvalue weighted by molar-refractivity contribution is -0.0901. The number of rotatable bonds is 4. The third-order valence-electron chi connectivity index (χ3n) is 4.79. The maximum atomic E-state index is 11.2. The normalized spacial score (nSPS) is 23.0. The number of nitriles is 1. The third kappa shape index (κ3) is 2.70. The van der Waals surface area contributed by atoms with Crippen LogP contribution in [0, 0.1) is 16.7 Å². The van der Waals surface area contributed by atoms with E-state index in [2.05, 4.69) is 11.0 Å². The highest BCUT2D eigenvalue weighted by Crippen LogP contribution is 2.59. The molecule has 1 heterocycles. The fourth-order valence-electron chi connectivity index (χ4n) is 3.91. The summed E-state index contributed by atoms with van der Waals surface area (Å²) in [5.41, 5.74) is 1.03. The van der Waals surface area contributed by atoms with Gasteiger partial charge >= 0.3 is 0 Å². The van der Waals surface area contributed by atoms with Crippen molar-refractivity contribution in [3.05, 3.63) is 35.9 Å². The zero-order valence-electron chi connectivity index (χ0n) is 12.2. The van der Waals surface area contributed by atoms with Crippen LogP contribution >= 0.6 is 0 Å². The number of benzene rings is 1. The lowest BCUT2D eigenvalue weighted by atomic mass is 9.48. The standard InChI is InChI=1S/C16H20N2O2S/c1-21(19,20)8-7-18-12-15(13-18)9-16(10-15,11-17)14-5-3-2-4-6-14/h2-6H,7-10,12-13H2,1H3. The van der Waals surface area contributed by atoms with Gasteiger partial charge in [-0.25, -0.2) is 8.42 Å². The number of hydrogen-bond donors (Lipinski definition) is 0. The zero-order chi connectivity index (χ0) is 15.1. The highest BCUT2D eigenvalue weighted by atomic mass is 32.2. The number of sulfone groups is 1. The maximum Gasteiger partial charge on any atom is 0.148 e. The van der Waals surface area contributed by atoms with E-state index < -0.39 is 9.84 Å². The number of hydrogen-bond acceptors (Lipinski definition) is 4. The average Bonchev–Trinajstić information content (AvgIpc) is 2.35. The number of likely N-dealkylation sites (tertiary alicyclic amines) is 1. The van der Waals surface area contributed by atoms with E-state index in [1.54, 1.807) is 0 Å². The van der Waals surface area contributed by atoms with Crippen molar-refractivity contribution in [1.82, 2.24) is 4.90 Å². The van der Waals surface area contributed by atoms with Crippen LogP contribution in [0.2, 0.25) is 0 Å². The molecule has 0 radical (unpaired) electrons. The van der Waals surface area contributed by atoms with Crippen molar-refractivity contribution in [1.29, 1.82) is 5.26 Å². The lowest BCUT2D eigenvalue weighted by Gasteiger charge is -2.62. The van der Waals surface area contributed by atoms with Crippen molar-refractivity contribution in [3.63, 3.8) is 0 Å². The van der Waals surface area contributed by atoms with Crippen LogP contribution in [0.1, 0.15) is 18.4 Å². The van der Waals surface area contributed by atoms with Crippen molar-refractivity contribution in [2.75, 3.05) is 31.6 Å². The highest BCUT2D eigenvalue weighted by Gasteiger charge is 2.60. The van der Waals surface area contributed by atoms with Crippen LogP contribution in [-0.4, -0.2) is 45.0 Å². The van der Waals surface area contributed by atoms with E-state index in [9.17, 15) is 13.7 Å². The minimum Gasteiger partial charge on any atom is -0.301 e. The monoisotopic (exact) mass is 304 g/mol. The first-order valence-corrected chi connectivity index (χ1v) is 9.30. The van der Waals surface area contributed by atoms with Gasteiger partial charge in [0, 0.05) is 25.9 Å². The fourth-order valence-corrected chi connectivity index (χ4v) is 4.50. The minimum atomic E-state index is -2.89. The molecule has 0 amide bonds. The van der Waals surface area contributed by atoms with Gasteiger partial charge in [0.05, 0.1) is 17.2 Å². The molecule has 2 aliphatic rings. The Morgan fingerprint density at radius 1 is 1.24 bits per heavy atom. The van der Waals surface area contributed by atoms with Crippen LogP contribution in [0.25, 0.3) is 0 Å². The summed E-state index contributed by atoms with van der Waals surface area (Å²) in [5, 5.41) is 9.57. The van der Waals surface area contributed by atoms with Crippen molar-refractivity contribution in [3.8, 4) is 6.07 Å². The van der Waals surface area contributed by atoms with E-state index >= 15 is 0 Å². The molecule has 0 unspecified atom stereocenters. The van der Waals surface area contributed by atoms with Gasteiger partial charge in [-0.15, -0.1) is 0 Å². The average molecular weight is 304 g/mol. The summed E-state index contributed by atoms with van der Waals surface area (Å²) < 4.78 is 22.4. The molecule has 1 saturated carbocycles. The molecule has 5 heteroatoms. The summed E-state index contributed by atoms with van der Waals surface area (Å²) in [6.45, 7) is 2.48. The Kier molecular flexibility index (Phi) is 3.34. The molecule has 1 aromatic rings. The van der Waals surface area contributed by atoms with E-state index in [-0.39, 0.29) is 16.6 Å². The van der Waals surface area contributed by atoms with Crippen LogP contribution in [0.3, 0.4) is 0 Å². The Morgan fingerprint density at radius 2 is 1.86 bits per heavy atom. The van der Waals surface area contributed by atoms with Gasteiger partial charge < -0.3 is 4.90 Å². The Balaban J connectivity index is 1.58. The predicted molar refractivity (Wildman–Crippen MR) is 81.6 cm³/mol. The molecule has 3 rings (SSSR count). The molecule has 2 fully saturated rings. The third-order valence-corrected chi connectivity index (χ3v) is 5.71. The first-order chi connectivity index (χ1) is 9.87. The molecule has 1 saturated heterocycles. The molecule has 0 bridgehead atoms. The highest BCUT2D eigenvalue weighted by molar-refractivity contribution is 7.90. The molecule has 0 atom stereocenters. The molecule has 1 spiro atoms. The fraction of sp³-hybridized carbons (Fsp3) is 0.562. The van der Waals surface area contributed by atoms with Gasteiger partial charge in [0.1, 0.15) is 9.84 Å². The van der Waals surface area contributed by atoms with Gasteiger partial charge in [-0.05, 0) is 23.8 Å². The Hall–Kier alpha value is -1.38. The maximum absolute atomic E-state index is 11.2. The first kappa shape index (κ1) is 14.6. The summed E-state index contributed by atoms with van der Waals surface area (Å²) in [4.78, 5) is 2.19. The van der Waals surface area contributed by atoms with E-state index in [0.29, 0.717) is 6.54 Å². The van der Waals surface area contributed by atoms with Gasteiger partial charge in [-0.3, -0.25) is 0 Å².